The molecule has 2 nitrogen and oxygen atoms in total. The number of aromatic nitrogens is 1. The van der Waals surface area contributed by atoms with E-state index in [0.29, 0.717) is 0 Å². The van der Waals surface area contributed by atoms with Gasteiger partial charge in [-0.05, 0) is 127 Å². The summed E-state index contributed by atoms with van der Waals surface area (Å²) in [6.07, 6.45) is 3.83. The molecule has 2 heterocycles. The molecule has 0 N–H and O–H groups in total. The quantitative estimate of drug-likeness (QED) is 0.166. The smallest absolute Gasteiger partial charge is 0.0476 e. The normalized spacial score (nSPS) is 11.7. The van der Waals surface area contributed by atoms with Crippen LogP contribution in [0.1, 0.15) is 0 Å². The Kier molecular flexibility index (Phi) is 7.07. The van der Waals surface area contributed by atoms with Crippen molar-refractivity contribution in [3.05, 3.63) is 194 Å². The van der Waals surface area contributed by atoms with E-state index in [1.54, 1.807) is 0 Å². The van der Waals surface area contributed by atoms with Crippen molar-refractivity contribution < 1.29 is 0 Å². The minimum Gasteiger partial charge on any atom is -0.310 e. The lowest BCUT2D eigenvalue weighted by Crippen LogP contribution is -2.09. The van der Waals surface area contributed by atoms with Crippen molar-refractivity contribution in [2.45, 2.75) is 0 Å². The fourth-order valence-corrected chi connectivity index (χ4v) is 9.27. The van der Waals surface area contributed by atoms with Crippen LogP contribution in [-0.4, -0.2) is 4.98 Å². The predicted molar refractivity (Wildman–Crippen MR) is 233 cm³/mol. The van der Waals surface area contributed by atoms with Gasteiger partial charge in [0.2, 0.25) is 0 Å². The van der Waals surface area contributed by atoms with Crippen LogP contribution in [0.5, 0.6) is 0 Å². The van der Waals surface area contributed by atoms with Crippen LogP contribution in [0, 0.1) is 0 Å². The number of nitrogens with zero attached hydrogens (tertiary/aromatic N) is 2. The lowest BCUT2D eigenvalue weighted by atomic mass is 9.97. The van der Waals surface area contributed by atoms with E-state index in [9.17, 15) is 0 Å². The minimum absolute atomic E-state index is 1.11. The molecule has 0 aliphatic carbocycles. The molecular formula is C51H32N2S. The number of hydrogen-bond donors (Lipinski definition) is 0. The summed E-state index contributed by atoms with van der Waals surface area (Å²) in [4.78, 5) is 6.74. The summed E-state index contributed by atoms with van der Waals surface area (Å²) >= 11 is 1.85. The summed E-state index contributed by atoms with van der Waals surface area (Å²) in [6.45, 7) is 0. The second kappa shape index (κ2) is 12.4. The van der Waals surface area contributed by atoms with Crippen LogP contribution in [0.25, 0.3) is 85.5 Å². The van der Waals surface area contributed by atoms with E-state index in [-0.39, 0.29) is 0 Å². The van der Waals surface area contributed by atoms with Crippen LogP contribution in [0.15, 0.2) is 194 Å². The van der Waals surface area contributed by atoms with Gasteiger partial charge >= 0.3 is 0 Å². The fourth-order valence-electron chi connectivity index (χ4n) is 8.10. The summed E-state index contributed by atoms with van der Waals surface area (Å²) in [5.41, 5.74) is 8.18. The van der Waals surface area contributed by atoms with Crippen LogP contribution in [0.4, 0.5) is 17.1 Å². The molecule has 9 aromatic carbocycles. The average molecular weight is 705 g/mol. The molecule has 2 aromatic heterocycles. The number of hydrogen-bond acceptors (Lipinski definition) is 3. The SMILES string of the molecule is c1ccc2cc(-c3ccc(N(c4ccc(-c5ccc6c(ccc7ccccc76)c5)cc4)c4ccc5c(c4)sc4cc6cnccc6cc45)cc3)ccc2c1. The van der Waals surface area contributed by atoms with E-state index in [4.69, 9.17) is 0 Å². The third kappa shape index (κ3) is 5.21. The van der Waals surface area contributed by atoms with E-state index in [0.717, 1.165) is 17.1 Å². The Bertz CT molecular complexity index is 3210. The summed E-state index contributed by atoms with van der Waals surface area (Å²) < 4.78 is 2.55. The molecular weight excluding hydrogens is 673 g/mol. The molecule has 11 rings (SSSR count). The van der Waals surface area contributed by atoms with E-state index in [2.05, 4.69) is 192 Å². The molecule has 0 amide bonds. The lowest BCUT2D eigenvalue weighted by Gasteiger charge is -2.26. The van der Waals surface area contributed by atoms with Crippen molar-refractivity contribution in [3.8, 4) is 22.3 Å². The van der Waals surface area contributed by atoms with Crippen LogP contribution >= 0.6 is 11.3 Å². The number of fused-ring (bicyclic) bond motifs is 8. The van der Waals surface area contributed by atoms with Gasteiger partial charge in [-0.1, -0.05) is 115 Å². The zero-order valence-corrected chi connectivity index (χ0v) is 30.1. The van der Waals surface area contributed by atoms with Crippen LogP contribution in [0.2, 0.25) is 0 Å². The molecule has 3 heteroatoms. The van der Waals surface area contributed by atoms with Crippen molar-refractivity contribution in [2.24, 2.45) is 0 Å². The van der Waals surface area contributed by atoms with E-state index >= 15 is 0 Å². The lowest BCUT2D eigenvalue weighted by molar-refractivity contribution is 1.29. The Morgan fingerprint density at radius 2 is 0.889 bits per heavy atom. The van der Waals surface area contributed by atoms with Gasteiger partial charge < -0.3 is 4.90 Å². The monoisotopic (exact) mass is 704 g/mol. The van der Waals surface area contributed by atoms with Crippen molar-refractivity contribution in [1.29, 1.82) is 0 Å². The Balaban J connectivity index is 1.01. The van der Waals surface area contributed by atoms with Gasteiger partial charge in [0.15, 0.2) is 0 Å². The highest BCUT2D eigenvalue weighted by molar-refractivity contribution is 7.25. The van der Waals surface area contributed by atoms with Crippen molar-refractivity contribution in [3.63, 3.8) is 0 Å². The topological polar surface area (TPSA) is 16.1 Å². The molecule has 0 saturated heterocycles. The molecule has 54 heavy (non-hydrogen) atoms. The molecule has 0 atom stereocenters. The van der Waals surface area contributed by atoms with Gasteiger partial charge in [0.05, 0.1) is 0 Å². The second-order valence-corrected chi connectivity index (χ2v) is 15.2. The first-order valence-electron chi connectivity index (χ1n) is 18.3. The fraction of sp³-hybridized carbons (Fsp3) is 0. The minimum atomic E-state index is 1.11. The maximum atomic E-state index is 4.36. The third-order valence-corrected chi connectivity index (χ3v) is 12.0. The van der Waals surface area contributed by atoms with Gasteiger partial charge in [-0.15, -0.1) is 11.3 Å². The van der Waals surface area contributed by atoms with Crippen LogP contribution in [-0.2, 0) is 0 Å². The zero-order chi connectivity index (χ0) is 35.6. The Morgan fingerprint density at radius 1 is 0.333 bits per heavy atom. The Hall–Kier alpha value is -6.81. The van der Waals surface area contributed by atoms with E-state index < -0.39 is 0 Å². The molecule has 0 aliphatic rings. The van der Waals surface area contributed by atoms with E-state index in [1.807, 2.05) is 23.7 Å². The zero-order valence-electron chi connectivity index (χ0n) is 29.3. The number of pyridine rings is 1. The number of thiophene rings is 1. The maximum absolute atomic E-state index is 4.36. The first-order valence-corrected chi connectivity index (χ1v) is 19.1. The maximum Gasteiger partial charge on any atom is 0.0476 e. The van der Waals surface area contributed by atoms with E-state index in [1.165, 1.54) is 85.5 Å². The first-order chi connectivity index (χ1) is 26.7. The number of anilines is 3. The highest BCUT2D eigenvalue weighted by Crippen LogP contribution is 2.42. The molecule has 0 bridgehead atoms. The van der Waals surface area contributed by atoms with Gasteiger partial charge in [0.1, 0.15) is 0 Å². The standard InChI is InChI=1S/C51H32N2S/c1-2-7-37-27-38(11-9-33(37)5-1)34-13-18-43(19-14-34)53(45-22-24-48-49-29-40-25-26-52-32-42(40)30-50(49)54-51(48)31-45)44-20-15-35(16-21-44)39-17-23-47-41(28-39)12-10-36-6-3-4-8-46(36)47/h1-32H. The predicted octanol–water partition coefficient (Wildman–Crippen LogP) is 14.9. The molecule has 0 aliphatic heterocycles. The van der Waals surface area contributed by atoms with Gasteiger partial charge in [0.25, 0.3) is 0 Å². The highest BCUT2D eigenvalue weighted by atomic mass is 32.1. The van der Waals surface area contributed by atoms with Gasteiger partial charge in [-0.25, -0.2) is 0 Å². The van der Waals surface area contributed by atoms with Crippen molar-refractivity contribution in [1.82, 2.24) is 4.98 Å². The summed E-state index contributed by atoms with van der Waals surface area (Å²) in [6, 6.07) is 66.8. The first kappa shape index (κ1) is 30.8. The molecule has 11 aromatic rings. The van der Waals surface area contributed by atoms with Crippen molar-refractivity contribution in [2.75, 3.05) is 4.90 Å². The molecule has 0 radical (unpaired) electrons. The van der Waals surface area contributed by atoms with Gasteiger partial charge in [-0.3, -0.25) is 4.98 Å². The highest BCUT2D eigenvalue weighted by Gasteiger charge is 2.16. The molecule has 0 spiro atoms. The largest absolute Gasteiger partial charge is 0.310 e. The number of benzene rings is 9. The second-order valence-electron chi connectivity index (χ2n) is 14.1. The Morgan fingerprint density at radius 3 is 1.69 bits per heavy atom. The Labute approximate surface area is 316 Å². The van der Waals surface area contributed by atoms with Crippen molar-refractivity contribution >= 4 is 91.7 Å². The molecule has 0 saturated carbocycles. The molecule has 252 valence electrons. The summed E-state index contributed by atoms with van der Waals surface area (Å²) in [5, 5.41) is 12.6. The number of rotatable bonds is 5. The average Bonchev–Trinajstić information content (AvgIpc) is 3.59. The van der Waals surface area contributed by atoms with Crippen LogP contribution < -0.4 is 4.90 Å². The van der Waals surface area contributed by atoms with Crippen LogP contribution in [0.3, 0.4) is 0 Å². The molecule has 0 unspecified atom stereocenters. The van der Waals surface area contributed by atoms with Gasteiger partial charge in [-0.2, -0.15) is 0 Å². The van der Waals surface area contributed by atoms with Gasteiger partial charge in [0, 0.05) is 55.0 Å². The third-order valence-electron chi connectivity index (χ3n) is 10.9. The summed E-state index contributed by atoms with van der Waals surface area (Å²) in [5.74, 6) is 0. The summed E-state index contributed by atoms with van der Waals surface area (Å²) in [7, 11) is 0. The molecule has 0 fully saturated rings.